The lowest BCUT2D eigenvalue weighted by Crippen LogP contribution is -2.44. The van der Waals surface area contributed by atoms with Crippen LogP contribution in [-0.2, 0) is 14.3 Å². The van der Waals surface area contributed by atoms with Crippen molar-refractivity contribution in [2.45, 2.75) is 6.92 Å². The highest BCUT2D eigenvalue weighted by molar-refractivity contribution is 6.31. The highest BCUT2D eigenvalue weighted by Crippen LogP contribution is 2.26. The fourth-order valence-corrected chi connectivity index (χ4v) is 3.68. The van der Waals surface area contributed by atoms with Crippen LogP contribution in [0.2, 0.25) is 5.02 Å². The van der Waals surface area contributed by atoms with Crippen molar-refractivity contribution in [3.05, 3.63) is 58.6 Å². The third kappa shape index (κ3) is 5.38. The number of hydrogen-bond donors (Lipinski definition) is 0. The smallest absolute Gasteiger partial charge is 0.254 e. The summed E-state index contributed by atoms with van der Waals surface area (Å²) in [6.45, 7) is 2.30. The summed E-state index contributed by atoms with van der Waals surface area (Å²) in [6, 6.07) is 12.0. The zero-order valence-electron chi connectivity index (χ0n) is 18.3. The van der Waals surface area contributed by atoms with E-state index in [9.17, 15) is 14.4 Å². The average Bonchev–Trinajstić information content (AvgIpc) is 3.17. The monoisotopic (exact) mass is 459 g/mol. The number of nitrogens with zero attached hydrogens (tertiary/aromatic N) is 3. The molecule has 32 heavy (non-hydrogen) atoms. The van der Waals surface area contributed by atoms with Gasteiger partial charge in [0.2, 0.25) is 11.8 Å². The Morgan fingerprint density at radius 2 is 1.94 bits per heavy atom. The predicted octanol–water partition coefficient (Wildman–Crippen LogP) is 2.58. The van der Waals surface area contributed by atoms with E-state index in [-0.39, 0.29) is 50.6 Å². The predicted molar refractivity (Wildman–Crippen MR) is 121 cm³/mol. The third-order valence-electron chi connectivity index (χ3n) is 5.23. The van der Waals surface area contributed by atoms with Crippen LogP contribution in [-0.4, -0.2) is 74.7 Å². The molecule has 1 aliphatic heterocycles. The molecule has 1 saturated heterocycles. The number of methoxy groups -OCH3 is 2. The molecule has 9 heteroatoms. The van der Waals surface area contributed by atoms with E-state index in [2.05, 4.69) is 0 Å². The Morgan fingerprint density at radius 3 is 2.59 bits per heavy atom. The second-order valence-electron chi connectivity index (χ2n) is 7.44. The van der Waals surface area contributed by atoms with Gasteiger partial charge in [0.25, 0.3) is 5.91 Å². The molecule has 0 unspecified atom stereocenters. The van der Waals surface area contributed by atoms with Crippen molar-refractivity contribution in [2.75, 3.05) is 52.0 Å². The highest BCUT2D eigenvalue weighted by atomic mass is 35.5. The summed E-state index contributed by atoms with van der Waals surface area (Å²) < 4.78 is 10.4. The van der Waals surface area contributed by atoms with Crippen LogP contribution in [0.25, 0.3) is 0 Å². The zero-order valence-corrected chi connectivity index (χ0v) is 19.1. The van der Waals surface area contributed by atoms with E-state index in [4.69, 9.17) is 21.1 Å². The molecule has 8 nitrogen and oxygen atoms in total. The summed E-state index contributed by atoms with van der Waals surface area (Å²) in [5.74, 6) is -0.113. The summed E-state index contributed by atoms with van der Waals surface area (Å²) in [5, 5.41) is 0.435. The molecule has 2 aromatic rings. The van der Waals surface area contributed by atoms with Gasteiger partial charge in [-0.3, -0.25) is 19.3 Å². The topological polar surface area (TPSA) is 79.4 Å². The molecule has 1 fully saturated rings. The Balaban J connectivity index is 1.71. The number of ether oxygens (including phenoxy) is 2. The first-order valence-electron chi connectivity index (χ1n) is 10.1. The Labute approximate surface area is 192 Å². The van der Waals surface area contributed by atoms with E-state index < -0.39 is 0 Å². The van der Waals surface area contributed by atoms with Gasteiger partial charge in [-0.1, -0.05) is 17.7 Å². The second kappa shape index (κ2) is 10.5. The van der Waals surface area contributed by atoms with E-state index in [1.54, 1.807) is 48.4 Å². The van der Waals surface area contributed by atoms with Gasteiger partial charge in [-0.2, -0.15) is 0 Å². The van der Waals surface area contributed by atoms with E-state index in [0.29, 0.717) is 16.3 Å². The number of rotatable bonds is 8. The van der Waals surface area contributed by atoms with Crippen LogP contribution < -0.4 is 9.64 Å². The standard InChI is InChI=1S/C23H26ClN3O5/c1-16-11-19(7-8-20(16)32-3)27-15-26(14-22(27)29)21(28)13-25(9-10-31-2)23(30)17-5-4-6-18(24)12-17/h4-8,11-12H,9-10,13-15H2,1-3H3. The summed E-state index contributed by atoms with van der Waals surface area (Å²) in [6.07, 6.45) is 0. The van der Waals surface area contributed by atoms with Crippen LogP contribution in [0.15, 0.2) is 42.5 Å². The van der Waals surface area contributed by atoms with Gasteiger partial charge in [-0.05, 0) is 48.9 Å². The number of hydrogen-bond acceptors (Lipinski definition) is 5. The number of aryl methyl sites for hydroxylation is 1. The number of benzene rings is 2. The molecule has 0 aromatic heterocycles. The number of amides is 3. The lowest BCUT2D eigenvalue weighted by molar-refractivity contribution is -0.132. The molecule has 1 heterocycles. The van der Waals surface area contributed by atoms with E-state index in [1.807, 2.05) is 13.0 Å². The van der Waals surface area contributed by atoms with Crippen molar-refractivity contribution >= 4 is 35.0 Å². The van der Waals surface area contributed by atoms with Crippen LogP contribution in [0.1, 0.15) is 15.9 Å². The van der Waals surface area contributed by atoms with Gasteiger partial charge in [-0.15, -0.1) is 0 Å². The fraction of sp³-hybridized carbons (Fsp3) is 0.348. The Kier molecular flexibility index (Phi) is 7.71. The van der Waals surface area contributed by atoms with Gasteiger partial charge in [0.15, 0.2) is 0 Å². The molecular formula is C23H26ClN3O5. The van der Waals surface area contributed by atoms with Crippen molar-refractivity contribution < 1.29 is 23.9 Å². The second-order valence-corrected chi connectivity index (χ2v) is 7.88. The van der Waals surface area contributed by atoms with Gasteiger partial charge < -0.3 is 19.3 Å². The minimum absolute atomic E-state index is 0.0482. The lowest BCUT2D eigenvalue weighted by Gasteiger charge is -2.25. The maximum absolute atomic E-state index is 13.0. The van der Waals surface area contributed by atoms with Crippen LogP contribution in [0.4, 0.5) is 5.69 Å². The molecule has 0 bridgehead atoms. The molecule has 3 rings (SSSR count). The van der Waals surface area contributed by atoms with E-state index in [0.717, 1.165) is 11.3 Å². The number of carbonyl (C=O) groups excluding carboxylic acids is 3. The molecule has 0 atom stereocenters. The van der Waals surface area contributed by atoms with Crippen molar-refractivity contribution in [3.63, 3.8) is 0 Å². The lowest BCUT2D eigenvalue weighted by atomic mass is 10.2. The van der Waals surface area contributed by atoms with Crippen LogP contribution in [0.3, 0.4) is 0 Å². The SMILES string of the molecule is COCCN(CC(=O)N1CC(=O)N(c2ccc(OC)c(C)c2)C1)C(=O)c1cccc(Cl)c1. The molecule has 0 spiro atoms. The van der Waals surface area contributed by atoms with Crippen molar-refractivity contribution in [1.29, 1.82) is 0 Å². The maximum atomic E-state index is 13.0. The first-order chi connectivity index (χ1) is 15.3. The molecule has 170 valence electrons. The first kappa shape index (κ1) is 23.6. The molecule has 3 amide bonds. The normalized spacial score (nSPS) is 13.4. The van der Waals surface area contributed by atoms with Crippen LogP contribution >= 0.6 is 11.6 Å². The van der Waals surface area contributed by atoms with E-state index >= 15 is 0 Å². The Bertz CT molecular complexity index is 1010. The van der Waals surface area contributed by atoms with Gasteiger partial charge in [0.05, 0.1) is 13.7 Å². The van der Waals surface area contributed by atoms with Gasteiger partial charge in [0.1, 0.15) is 25.5 Å². The Hall–Kier alpha value is -3.10. The summed E-state index contributed by atoms with van der Waals surface area (Å²) in [7, 11) is 3.11. The molecule has 0 aliphatic carbocycles. The van der Waals surface area contributed by atoms with E-state index in [1.165, 1.54) is 16.9 Å². The maximum Gasteiger partial charge on any atom is 0.254 e. The first-order valence-corrected chi connectivity index (χ1v) is 10.5. The number of halogens is 1. The number of anilines is 1. The molecular weight excluding hydrogens is 434 g/mol. The number of carbonyl (C=O) groups is 3. The molecule has 0 N–H and O–H groups in total. The van der Waals surface area contributed by atoms with Gasteiger partial charge in [0, 0.05) is 29.9 Å². The summed E-state index contributed by atoms with van der Waals surface area (Å²) >= 11 is 6.01. The molecule has 0 radical (unpaired) electrons. The summed E-state index contributed by atoms with van der Waals surface area (Å²) in [4.78, 5) is 42.9. The fourth-order valence-electron chi connectivity index (χ4n) is 3.49. The zero-order chi connectivity index (χ0) is 23.3. The van der Waals surface area contributed by atoms with Gasteiger partial charge in [-0.25, -0.2) is 0 Å². The highest BCUT2D eigenvalue weighted by Gasteiger charge is 2.33. The minimum Gasteiger partial charge on any atom is -0.496 e. The van der Waals surface area contributed by atoms with Crippen molar-refractivity contribution in [1.82, 2.24) is 9.80 Å². The molecule has 0 saturated carbocycles. The van der Waals surface area contributed by atoms with Crippen LogP contribution in [0.5, 0.6) is 5.75 Å². The summed E-state index contributed by atoms with van der Waals surface area (Å²) in [5.41, 5.74) is 1.96. The molecule has 2 aromatic carbocycles. The Morgan fingerprint density at radius 1 is 1.16 bits per heavy atom. The van der Waals surface area contributed by atoms with Crippen molar-refractivity contribution in [2.24, 2.45) is 0 Å². The van der Waals surface area contributed by atoms with Crippen LogP contribution in [0, 0.1) is 6.92 Å². The van der Waals surface area contributed by atoms with Crippen molar-refractivity contribution in [3.8, 4) is 5.75 Å². The largest absolute Gasteiger partial charge is 0.496 e. The third-order valence-corrected chi connectivity index (χ3v) is 5.47. The molecule has 1 aliphatic rings. The quantitative estimate of drug-likeness (QED) is 0.606. The van der Waals surface area contributed by atoms with Gasteiger partial charge >= 0.3 is 0 Å². The minimum atomic E-state index is -0.328. The average molecular weight is 460 g/mol.